The molecule has 0 spiro atoms. The zero-order valence-electron chi connectivity index (χ0n) is 13.0. The van der Waals surface area contributed by atoms with Gasteiger partial charge < -0.3 is 14.3 Å². The Kier molecular flexibility index (Phi) is 5.63. The standard InChI is InChI=1S/C17H22N3O2/c1-20(2,14-21)12-13-22-17-10-8-16(9-11-17)19-18-15-6-4-3-5-7-15/h3-11,21H,12-14H2,1-2H3/q+1. The number of quaternary nitrogens is 1. The van der Waals surface area contributed by atoms with Crippen LogP contribution in [-0.2, 0) is 0 Å². The topological polar surface area (TPSA) is 54.2 Å². The van der Waals surface area contributed by atoms with E-state index in [9.17, 15) is 5.11 Å². The summed E-state index contributed by atoms with van der Waals surface area (Å²) in [7, 11) is 3.91. The van der Waals surface area contributed by atoms with Crippen molar-refractivity contribution in [2.24, 2.45) is 10.2 Å². The normalized spacial score (nSPS) is 11.8. The Labute approximate surface area is 131 Å². The van der Waals surface area contributed by atoms with Crippen molar-refractivity contribution in [2.75, 3.05) is 34.0 Å². The van der Waals surface area contributed by atoms with Crippen LogP contribution in [0.2, 0.25) is 0 Å². The van der Waals surface area contributed by atoms with Crippen molar-refractivity contribution in [1.82, 2.24) is 0 Å². The number of azo groups is 1. The lowest BCUT2D eigenvalue weighted by atomic mass is 10.3. The lowest BCUT2D eigenvalue weighted by Crippen LogP contribution is -2.43. The van der Waals surface area contributed by atoms with Crippen LogP contribution in [0, 0.1) is 0 Å². The van der Waals surface area contributed by atoms with Crippen LogP contribution in [0.1, 0.15) is 0 Å². The first kappa shape index (κ1) is 16.1. The fourth-order valence-corrected chi connectivity index (χ4v) is 1.70. The number of benzene rings is 2. The van der Waals surface area contributed by atoms with Gasteiger partial charge in [-0.05, 0) is 36.4 Å². The van der Waals surface area contributed by atoms with Crippen molar-refractivity contribution >= 4 is 11.4 Å². The number of likely N-dealkylation sites (N-methyl/N-ethyl adjacent to an activating group) is 1. The van der Waals surface area contributed by atoms with Gasteiger partial charge in [0.15, 0.2) is 6.73 Å². The van der Waals surface area contributed by atoms with Crippen molar-refractivity contribution in [3.05, 3.63) is 54.6 Å². The summed E-state index contributed by atoms with van der Waals surface area (Å²) in [5.74, 6) is 0.789. The number of aliphatic hydroxyl groups is 1. The van der Waals surface area contributed by atoms with Crippen LogP contribution in [-0.4, -0.2) is 43.6 Å². The lowest BCUT2D eigenvalue weighted by Gasteiger charge is -2.26. The predicted molar refractivity (Wildman–Crippen MR) is 86.6 cm³/mol. The third kappa shape index (κ3) is 5.27. The Bertz CT molecular complexity index is 595. The summed E-state index contributed by atoms with van der Waals surface area (Å²) in [6.45, 7) is 1.40. The van der Waals surface area contributed by atoms with Crippen LogP contribution in [0.5, 0.6) is 5.75 Å². The van der Waals surface area contributed by atoms with Crippen molar-refractivity contribution in [3.63, 3.8) is 0 Å². The minimum Gasteiger partial charge on any atom is -0.488 e. The monoisotopic (exact) mass is 300 g/mol. The summed E-state index contributed by atoms with van der Waals surface area (Å²) >= 11 is 0. The molecule has 0 saturated heterocycles. The molecule has 0 aliphatic carbocycles. The third-order valence-electron chi connectivity index (χ3n) is 3.22. The molecule has 22 heavy (non-hydrogen) atoms. The molecule has 1 N–H and O–H groups in total. The first-order valence-corrected chi connectivity index (χ1v) is 7.22. The van der Waals surface area contributed by atoms with Crippen LogP contribution in [0.3, 0.4) is 0 Å². The maximum atomic E-state index is 9.17. The van der Waals surface area contributed by atoms with Gasteiger partial charge >= 0.3 is 0 Å². The molecule has 5 nitrogen and oxygen atoms in total. The highest BCUT2D eigenvalue weighted by Crippen LogP contribution is 2.21. The number of aliphatic hydroxyl groups excluding tert-OH is 1. The van der Waals surface area contributed by atoms with Gasteiger partial charge in [0.2, 0.25) is 0 Å². The van der Waals surface area contributed by atoms with Gasteiger partial charge in [-0.25, -0.2) is 0 Å². The summed E-state index contributed by atoms with van der Waals surface area (Å²) in [4.78, 5) is 0. The predicted octanol–water partition coefficient (Wildman–Crippen LogP) is 3.51. The highest BCUT2D eigenvalue weighted by Gasteiger charge is 2.12. The zero-order chi connectivity index (χ0) is 15.8. The van der Waals surface area contributed by atoms with E-state index in [2.05, 4.69) is 10.2 Å². The van der Waals surface area contributed by atoms with E-state index in [1.165, 1.54) is 0 Å². The largest absolute Gasteiger partial charge is 0.488 e. The molecule has 0 amide bonds. The molecular weight excluding hydrogens is 278 g/mol. The molecule has 5 heteroatoms. The second kappa shape index (κ2) is 7.68. The molecular formula is C17H22N3O2+. The Hall–Kier alpha value is -2.24. The van der Waals surface area contributed by atoms with Crippen LogP contribution < -0.4 is 4.74 Å². The molecule has 116 valence electrons. The zero-order valence-corrected chi connectivity index (χ0v) is 13.0. The summed E-state index contributed by atoms with van der Waals surface area (Å²) in [6, 6.07) is 17.1. The van der Waals surface area contributed by atoms with Crippen LogP contribution in [0.4, 0.5) is 11.4 Å². The van der Waals surface area contributed by atoms with Gasteiger partial charge in [-0.2, -0.15) is 10.2 Å². The highest BCUT2D eigenvalue weighted by molar-refractivity contribution is 5.42. The van der Waals surface area contributed by atoms with Crippen molar-refractivity contribution in [3.8, 4) is 5.75 Å². The maximum Gasteiger partial charge on any atom is 0.180 e. The first-order chi connectivity index (χ1) is 10.6. The molecule has 2 rings (SSSR count). The van der Waals surface area contributed by atoms with Crippen LogP contribution in [0.15, 0.2) is 64.8 Å². The van der Waals surface area contributed by atoms with Gasteiger partial charge in [0, 0.05) is 0 Å². The molecule has 0 bridgehead atoms. The van der Waals surface area contributed by atoms with Crippen molar-refractivity contribution in [2.45, 2.75) is 0 Å². The Balaban J connectivity index is 1.87. The molecule has 0 aromatic heterocycles. The van der Waals surface area contributed by atoms with E-state index in [1.807, 2.05) is 68.7 Å². The molecule has 0 unspecified atom stereocenters. The number of hydrogen-bond donors (Lipinski definition) is 1. The van der Waals surface area contributed by atoms with Gasteiger partial charge in [-0.15, -0.1) is 0 Å². The average Bonchev–Trinajstić information content (AvgIpc) is 2.55. The molecule has 0 radical (unpaired) electrons. The molecule has 0 fully saturated rings. The quantitative estimate of drug-likeness (QED) is 0.483. The maximum absolute atomic E-state index is 9.17. The second-order valence-corrected chi connectivity index (χ2v) is 5.68. The van der Waals surface area contributed by atoms with Gasteiger partial charge in [0.1, 0.15) is 18.9 Å². The molecule has 0 aliphatic rings. The summed E-state index contributed by atoms with van der Waals surface area (Å²) in [6.07, 6.45) is 0. The Morgan fingerprint density at radius 3 is 2.09 bits per heavy atom. The Morgan fingerprint density at radius 1 is 0.909 bits per heavy atom. The number of nitrogens with zero attached hydrogens (tertiary/aromatic N) is 3. The Morgan fingerprint density at radius 2 is 1.50 bits per heavy atom. The van der Waals surface area contributed by atoms with Crippen molar-refractivity contribution in [1.29, 1.82) is 0 Å². The van der Waals surface area contributed by atoms with Gasteiger partial charge in [-0.3, -0.25) is 0 Å². The average molecular weight is 300 g/mol. The minimum atomic E-state index is 0.0994. The lowest BCUT2D eigenvalue weighted by molar-refractivity contribution is -0.908. The first-order valence-electron chi connectivity index (χ1n) is 7.22. The molecule has 0 atom stereocenters. The SMILES string of the molecule is C[N+](C)(CO)CCOc1ccc(N=Nc2ccccc2)cc1. The van der Waals surface area contributed by atoms with E-state index in [-0.39, 0.29) is 6.73 Å². The van der Waals surface area contributed by atoms with Crippen LogP contribution in [0.25, 0.3) is 0 Å². The summed E-state index contributed by atoms with van der Waals surface area (Å²) in [5, 5.41) is 17.5. The van der Waals surface area contributed by atoms with E-state index >= 15 is 0 Å². The molecule has 0 aliphatic heterocycles. The fraction of sp³-hybridized carbons (Fsp3) is 0.294. The molecule has 2 aromatic rings. The molecule has 2 aromatic carbocycles. The molecule has 0 heterocycles. The van der Waals surface area contributed by atoms with Gasteiger partial charge in [-0.1, -0.05) is 18.2 Å². The van der Waals surface area contributed by atoms with E-state index < -0.39 is 0 Å². The highest BCUT2D eigenvalue weighted by atomic mass is 16.5. The number of hydrogen-bond acceptors (Lipinski definition) is 4. The number of ether oxygens (including phenoxy) is 1. The minimum absolute atomic E-state index is 0.0994. The van der Waals surface area contributed by atoms with E-state index in [4.69, 9.17) is 4.74 Å². The van der Waals surface area contributed by atoms with Gasteiger partial charge in [0.05, 0.1) is 25.5 Å². The summed E-state index contributed by atoms with van der Waals surface area (Å²) in [5.41, 5.74) is 1.61. The molecule has 0 saturated carbocycles. The third-order valence-corrected chi connectivity index (χ3v) is 3.22. The second-order valence-electron chi connectivity index (χ2n) is 5.68. The van der Waals surface area contributed by atoms with Crippen molar-refractivity contribution < 1.29 is 14.3 Å². The van der Waals surface area contributed by atoms with E-state index in [0.717, 1.165) is 23.7 Å². The van der Waals surface area contributed by atoms with Crippen LogP contribution >= 0.6 is 0 Å². The fourth-order valence-electron chi connectivity index (χ4n) is 1.70. The number of rotatable bonds is 7. The summed E-state index contributed by atoms with van der Waals surface area (Å²) < 4.78 is 6.18. The van der Waals surface area contributed by atoms with E-state index in [0.29, 0.717) is 11.1 Å². The smallest absolute Gasteiger partial charge is 0.180 e. The van der Waals surface area contributed by atoms with Gasteiger partial charge in [0.25, 0.3) is 0 Å². The van der Waals surface area contributed by atoms with E-state index in [1.54, 1.807) is 0 Å².